The molecule has 0 fully saturated rings. The number of hydrogen-bond acceptors (Lipinski definition) is 5. The van der Waals surface area contributed by atoms with Crippen molar-refractivity contribution in [2.75, 3.05) is 7.11 Å². The summed E-state index contributed by atoms with van der Waals surface area (Å²) >= 11 is 0. The fourth-order valence-electron chi connectivity index (χ4n) is 5.42. The lowest BCUT2D eigenvalue weighted by Gasteiger charge is -2.17. The molecule has 40 heavy (non-hydrogen) atoms. The molecule has 0 atom stereocenters. The molecular weight excluding hydrogens is 500 g/mol. The molecule has 6 rings (SSSR count). The number of hydrogen-bond donors (Lipinski definition) is 0. The fourth-order valence-corrected chi connectivity index (χ4v) is 5.42. The summed E-state index contributed by atoms with van der Waals surface area (Å²) in [6.07, 6.45) is 2.66. The van der Waals surface area contributed by atoms with E-state index in [1.807, 2.05) is 42.5 Å². The largest absolute Gasteiger partial charge is 0.496 e. The molecule has 0 aliphatic rings. The van der Waals surface area contributed by atoms with E-state index in [9.17, 15) is 4.79 Å². The maximum Gasteiger partial charge on any atom is 0.282 e. The molecule has 0 unspecified atom stereocenters. The first kappa shape index (κ1) is 25.4. The second-order valence-corrected chi connectivity index (χ2v) is 9.89. The summed E-state index contributed by atoms with van der Waals surface area (Å²) in [7, 11) is 1.62. The van der Waals surface area contributed by atoms with E-state index < -0.39 is 0 Å². The van der Waals surface area contributed by atoms with Gasteiger partial charge < -0.3 is 13.7 Å². The van der Waals surface area contributed by atoms with Crippen molar-refractivity contribution < 1.29 is 9.15 Å². The van der Waals surface area contributed by atoms with Crippen LogP contribution in [-0.2, 0) is 6.42 Å². The zero-order valence-electron chi connectivity index (χ0n) is 23.2. The Labute approximate surface area is 232 Å². The van der Waals surface area contributed by atoms with E-state index in [-0.39, 0.29) is 5.56 Å². The van der Waals surface area contributed by atoms with Crippen LogP contribution in [-0.4, -0.2) is 27.6 Å². The van der Waals surface area contributed by atoms with Crippen LogP contribution in [0.25, 0.3) is 39.1 Å². The Kier molecular flexibility index (Phi) is 6.34. The van der Waals surface area contributed by atoms with Gasteiger partial charge in [-0.05, 0) is 74.7 Å². The summed E-state index contributed by atoms with van der Waals surface area (Å²) < 4.78 is 15.3. The van der Waals surface area contributed by atoms with E-state index in [1.165, 1.54) is 21.5 Å². The molecule has 0 aliphatic carbocycles. The topological polar surface area (TPSA) is 74.6 Å². The van der Waals surface area contributed by atoms with Crippen molar-refractivity contribution in [2.45, 2.75) is 34.1 Å². The number of ether oxygens (including phenoxy) is 1. The first-order valence-electron chi connectivity index (χ1n) is 13.3. The number of benzene rings is 3. The predicted molar refractivity (Wildman–Crippen MR) is 160 cm³/mol. The lowest BCUT2D eigenvalue weighted by Crippen LogP contribution is -2.20. The van der Waals surface area contributed by atoms with Crippen LogP contribution in [0.5, 0.6) is 5.75 Å². The van der Waals surface area contributed by atoms with Crippen molar-refractivity contribution in [3.05, 3.63) is 111 Å². The average molecular weight is 531 g/mol. The van der Waals surface area contributed by atoms with Gasteiger partial charge in [0.2, 0.25) is 5.82 Å². The minimum atomic E-state index is -0.273. The van der Waals surface area contributed by atoms with Crippen molar-refractivity contribution in [1.29, 1.82) is 0 Å². The van der Waals surface area contributed by atoms with Crippen LogP contribution < -0.4 is 10.3 Å². The molecule has 0 spiro atoms. The third-order valence-corrected chi connectivity index (χ3v) is 7.42. The van der Waals surface area contributed by atoms with Crippen LogP contribution in [0.4, 0.5) is 0 Å². The zero-order valence-corrected chi connectivity index (χ0v) is 23.2. The molecule has 7 nitrogen and oxygen atoms in total. The Bertz CT molecular complexity index is 1990. The van der Waals surface area contributed by atoms with E-state index in [0.717, 1.165) is 28.8 Å². The van der Waals surface area contributed by atoms with Gasteiger partial charge in [0, 0.05) is 17.0 Å². The number of para-hydroxylation sites is 2. The van der Waals surface area contributed by atoms with Gasteiger partial charge in [-0.15, -0.1) is 0 Å². The van der Waals surface area contributed by atoms with Crippen LogP contribution in [0.15, 0.2) is 87.1 Å². The predicted octanol–water partition coefficient (Wildman–Crippen LogP) is 6.98. The highest BCUT2D eigenvalue weighted by Gasteiger charge is 2.19. The van der Waals surface area contributed by atoms with Gasteiger partial charge in [0.25, 0.3) is 5.56 Å². The molecule has 0 radical (unpaired) electrons. The molecule has 0 saturated heterocycles. The van der Waals surface area contributed by atoms with Gasteiger partial charge in [0.1, 0.15) is 11.3 Å². The van der Waals surface area contributed by atoms with Crippen LogP contribution in [0.3, 0.4) is 0 Å². The molecule has 7 heteroatoms. The molecule has 0 aliphatic heterocycles. The number of rotatable bonds is 6. The van der Waals surface area contributed by atoms with Crippen molar-refractivity contribution in [3.8, 4) is 23.0 Å². The third kappa shape index (κ3) is 4.11. The van der Waals surface area contributed by atoms with Gasteiger partial charge in [-0.1, -0.05) is 43.3 Å². The lowest BCUT2D eigenvalue weighted by molar-refractivity contribution is 0.419. The Morgan fingerprint density at radius 2 is 1.77 bits per heavy atom. The van der Waals surface area contributed by atoms with Gasteiger partial charge in [0.15, 0.2) is 5.76 Å². The SMILES string of the molecule is CCc1cccc(C)c1-n1c(C)cc(C=Nn2c(-c3cc4c(OC)cccc4o3)nc3ccccc3c2=O)c1C. The molecule has 3 heterocycles. The minimum absolute atomic E-state index is 0.273. The highest BCUT2D eigenvalue weighted by atomic mass is 16.5. The quantitative estimate of drug-likeness (QED) is 0.218. The van der Waals surface area contributed by atoms with E-state index in [2.05, 4.69) is 56.5 Å². The van der Waals surface area contributed by atoms with E-state index >= 15 is 0 Å². The summed E-state index contributed by atoms with van der Waals surface area (Å²) in [4.78, 5) is 18.5. The Hall–Kier alpha value is -4.91. The molecule has 3 aromatic heterocycles. The molecule has 0 N–H and O–H groups in total. The Morgan fingerprint density at radius 3 is 2.58 bits per heavy atom. The van der Waals surface area contributed by atoms with Gasteiger partial charge in [-0.3, -0.25) is 4.79 Å². The Morgan fingerprint density at radius 1 is 0.975 bits per heavy atom. The third-order valence-electron chi connectivity index (χ3n) is 7.42. The zero-order chi connectivity index (χ0) is 28.0. The fraction of sp³-hybridized carbons (Fsp3) is 0.182. The molecule has 0 bridgehead atoms. The highest BCUT2D eigenvalue weighted by molar-refractivity contribution is 5.89. The number of aromatic nitrogens is 3. The van der Waals surface area contributed by atoms with Gasteiger partial charge >= 0.3 is 0 Å². The van der Waals surface area contributed by atoms with Crippen molar-refractivity contribution in [3.63, 3.8) is 0 Å². The van der Waals surface area contributed by atoms with Crippen molar-refractivity contribution >= 4 is 28.1 Å². The number of furan rings is 1. The molecule has 200 valence electrons. The summed E-state index contributed by atoms with van der Waals surface area (Å²) in [5, 5.41) is 5.98. The highest BCUT2D eigenvalue weighted by Crippen LogP contribution is 2.33. The second-order valence-electron chi connectivity index (χ2n) is 9.89. The molecular formula is C33H30N4O3. The number of methoxy groups -OCH3 is 1. The molecule has 3 aromatic carbocycles. The van der Waals surface area contributed by atoms with E-state index in [4.69, 9.17) is 19.2 Å². The van der Waals surface area contributed by atoms with Crippen LogP contribution in [0.2, 0.25) is 0 Å². The van der Waals surface area contributed by atoms with Crippen molar-refractivity contribution in [2.24, 2.45) is 5.10 Å². The first-order valence-corrected chi connectivity index (χ1v) is 13.3. The number of fused-ring (bicyclic) bond motifs is 2. The smallest absolute Gasteiger partial charge is 0.282 e. The van der Waals surface area contributed by atoms with Crippen LogP contribution in [0.1, 0.15) is 35.0 Å². The maximum absolute atomic E-state index is 13.7. The summed E-state index contributed by atoms with van der Waals surface area (Å²) in [6, 6.07) is 23.2. The normalized spacial score (nSPS) is 11.7. The van der Waals surface area contributed by atoms with Gasteiger partial charge in [0.05, 0.1) is 35.3 Å². The average Bonchev–Trinajstić information content (AvgIpc) is 3.52. The van der Waals surface area contributed by atoms with E-state index in [0.29, 0.717) is 33.8 Å². The monoisotopic (exact) mass is 530 g/mol. The Balaban J connectivity index is 1.53. The second kappa shape index (κ2) is 10.0. The molecule has 6 aromatic rings. The van der Waals surface area contributed by atoms with Crippen LogP contribution in [0, 0.1) is 20.8 Å². The number of nitrogens with zero attached hydrogens (tertiary/aromatic N) is 4. The summed E-state index contributed by atoms with van der Waals surface area (Å²) in [6.45, 7) is 8.47. The minimum Gasteiger partial charge on any atom is -0.496 e. The molecule has 0 amide bonds. The lowest BCUT2D eigenvalue weighted by atomic mass is 10.1. The van der Waals surface area contributed by atoms with Gasteiger partial charge in [-0.25, -0.2) is 4.98 Å². The van der Waals surface area contributed by atoms with E-state index in [1.54, 1.807) is 19.4 Å². The van der Waals surface area contributed by atoms with Gasteiger partial charge in [-0.2, -0.15) is 9.78 Å². The number of aryl methyl sites for hydroxylation is 3. The standard InChI is InChI=1S/C33H30N4O3/c1-6-23-12-9-11-20(2)31(23)36-21(3)17-24(22(36)4)19-34-37-32(35-27-14-8-7-13-25(27)33(37)38)30-18-26-28(39-5)15-10-16-29(26)40-30/h7-19H,6H2,1-5H3. The maximum atomic E-state index is 13.7. The van der Waals surface area contributed by atoms with Crippen LogP contribution >= 0.6 is 0 Å². The first-order chi connectivity index (χ1) is 19.4. The van der Waals surface area contributed by atoms with Crippen molar-refractivity contribution in [1.82, 2.24) is 14.2 Å². The molecule has 0 saturated carbocycles. The summed E-state index contributed by atoms with van der Waals surface area (Å²) in [5.41, 5.74) is 7.68. The summed E-state index contributed by atoms with van der Waals surface area (Å²) in [5.74, 6) is 1.43.